The van der Waals surface area contributed by atoms with Gasteiger partial charge in [-0.2, -0.15) is 0 Å². The number of aromatic hydroxyl groups is 1. The van der Waals surface area contributed by atoms with Gasteiger partial charge in [-0.25, -0.2) is 0 Å². The average Bonchev–Trinajstić information content (AvgIpc) is 2.89. The van der Waals surface area contributed by atoms with E-state index in [4.69, 9.17) is 5.73 Å². The summed E-state index contributed by atoms with van der Waals surface area (Å²) >= 11 is 0. The Hall–Kier alpha value is -4.29. The van der Waals surface area contributed by atoms with Crippen molar-refractivity contribution in [2.45, 2.75) is 50.7 Å². The molecule has 2 aromatic rings. The molecule has 43 heavy (non-hydrogen) atoms. The maximum Gasteiger partial charge on any atom is 0.270 e. The number of carbonyl (C=O) groups is 5. The molecule has 2 saturated carbocycles. The van der Waals surface area contributed by atoms with E-state index in [-0.39, 0.29) is 29.8 Å². The molecule has 1 amide bonds. The van der Waals surface area contributed by atoms with Crippen LogP contribution in [-0.2, 0) is 31.0 Å². The summed E-state index contributed by atoms with van der Waals surface area (Å²) in [5, 5.41) is 34.8. The van der Waals surface area contributed by atoms with E-state index in [0.29, 0.717) is 22.3 Å². The first-order valence-corrected chi connectivity index (χ1v) is 13.9. The van der Waals surface area contributed by atoms with Crippen LogP contribution in [0.1, 0.15) is 48.7 Å². The topological polar surface area (TPSA) is 198 Å². The lowest BCUT2D eigenvalue weighted by molar-refractivity contribution is -0.384. The molecule has 0 radical (unpaired) electrons. The van der Waals surface area contributed by atoms with Crippen LogP contribution >= 0.6 is 0 Å². The van der Waals surface area contributed by atoms with Gasteiger partial charge in [0.05, 0.1) is 22.4 Å². The predicted octanol–water partition coefficient (Wildman–Crippen LogP) is 1.74. The van der Waals surface area contributed by atoms with E-state index >= 15 is 0 Å². The van der Waals surface area contributed by atoms with Crippen molar-refractivity contribution in [2.24, 2.45) is 29.4 Å². The van der Waals surface area contributed by atoms with Crippen LogP contribution in [0.25, 0.3) is 11.1 Å². The number of primary amides is 1. The second kappa shape index (κ2) is 9.88. The summed E-state index contributed by atoms with van der Waals surface area (Å²) in [6.45, 7) is 5.43. The molecule has 0 heterocycles. The molecule has 0 spiro atoms. The Labute approximate surface area is 247 Å². The molecule has 6 unspecified atom stereocenters. The number of carbonyl (C=O) groups excluding carboxylic acids is 5. The molecule has 3 aliphatic rings. The molecule has 226 valence electrons. The maximum absolute atomic E-state index is 14.3. The van der Waals surface area contributed by atoms with Crippen molar-refractivity contribution in [3.8, 4) is 16.9 Å². The summed E-state index contributed by atoms with van der Waals surface area (Å²) in [7, 11) is 3.03. The molecule has 3 aliphatic carbocycles. The molecule has 0 aliphatic heterocycles. The van der Waals surface area contributed by atoms with Crippen molar-refractivity contribution in [1.29, 1.82) is 0 Å². The Morgan fingerprint density at radius 3 is 2.33 bits per heavy atom. The molecule has 0 bridgehead atoms. The Morgan fingerprint density at radius 1 is 1.12 bits per heavy atom. The Bertz CT molecular complexity index is 1640. The predicted molar refractivity (Wildman–Crippen MR) is 152 cm³/mol. The number of ketones is 4. The number of aliphatic hydroxyl groups is 1. The van der Waals surface area contributed by atoms with Gasteiger partial charge in [-0.1, -0.05) is 32.9 Å². The van der Waals surface area contributed by atoms with Crippen LogP contribution < -0.4 is 5.73 Å². The van der Waals surface area contributed by atoms with Gasteiger partial charge in [0, 0.05) is 23.6 Å². The zero-order valence-corrected chi connectivity index (χ0v) is 24.4. The van der Waals surface area contributed by atoms with Crippen LogP contribution in [0, 0.1) is 33.8 Å². The van der Waals surface area contributed by atoms with Crippen LogP contribution in [0.15, 0.2) is 30.3 Å². The van der Waals surface area contributed by atoms with E-state index in [1.54, 1.807) is 12.1 Å². The number of nitro groups is 1. The summed E-state index contributed by atoms with van der Waals surface area (Å²) in [6, 6.07) is 6.34. The highest BCUT2D eigenvalue weighted by molar-refractivity contribution is 6.32. The largest absolute Gasteiger partial charge is 0.507 e. The molecule has 6 atom stereocenters. The smallest absolute Gasteiger partial charge is 0.270 e. The van der Waals surface area contributed by atoms with Crippen molar-refractivity contribution < 1.29 is 39.1 Å². The molecule has 2 aromatic carbocycles. The lowest BCUT2D eigenvalue weighted by Crippen LogP contribution is -2.74. The number of likely N-dealkylation sites (N-methyl/N-ethyl adjacent to an activating group) is 1. The fourth-order valence-corrected chi connectivity index (χ4v) is 7.29. The van der Waals surface area contributed by atoms with E-state index in [1.165, 1.54) is 37.2 Å². The van der Waals surface area contributed by atoms with Gasteiger partial charge < -0.3 is 15.9 Å². The fourth-order valence-electron chi connectivity index (χ4n) is 7.29. The van der Waals surface area contributed by atoms with Crippen LogP contribution in [0.5, 0.6) is 5.75 Å². The third kappa shape index (κ3) is 4.30. The normalized spacial score (nSPS) is 28.8. The van der Waals surface area contributed by atoms with Gasteiger partial charge in [0.1, 0.15) is 5.75 Å². The Morgan fingerprint density at radius 2 is 1.77 bits per heavy atom. The maximum atomic E-state index is 14.3. The van der Waals surface area contributed by atoms with Crippen LogP contribution in [0.4, 0.5) is 5.69 Å². The van der Waals surface area contributed by atoms with Crippen molar-refractivity contribution in [2.75, 3.05) is 14.1 Å². The van der Waals surface area contributed by atoms with Gasteiger partial charge in [0.15, 0.2) is 34.7 Å². The van der Waals surface area contributed by atoms with E-state index < -0.39 is 74.7 Å². The third-order valence-electron chi connectivity index (χ3n) is 9.24. The molecule has 12 heteroatoms. The van der Waals surface area contributed by atoms with Gasteiger partial charge in [-0.3, -0.25) is 39.0 Å². The Kier molecular flexibility index (Phi) is 6.94. The second-order valence-corrected chi connectivity index (χ2v) is 13.0. The van der Waals surface area contributed by atoms with Gasteiger partial charge in [0.25, 0.3) is 5.69 Å². The summed E-state index contributed by atoms with van der Waals surface area (Å²) in [4.78, 5) is 79.8. The molecular formula is C31H33N3O9. The zero-order valence-electron chi connectivity index (χ0n) is 24.4. The quantitative estimate of drug-likeness (QED) is 0.267. The van der Waals surface area contributed by atoms with Gasteiger partial charge in [0.2, 0.25) is 5.91 Å². The highest BCUT2D eigenvalue weighted by atomic mass is 16.6. The first-order chi connectivity index (χ1) is 19.9. The molecular weight excluding hydrogens is 558 g/mol. The number of nitrogens with zero attached hydrogens (tertiary/aromatic N) is 2. The molecule has 2 fully saturated rings. The highest BCUT2D eigenvalue weighted by Gasteiger charge is 2.69. The number of benzene rings is 2. The minimum atomic E-state index is -2.82. The van der Waals surface area contributed by atoms with Crippen LogP contribution in [0.3, 0.4) is 0 Å². The van der Waals surface area contributed by atoms with Crippen molar-refractivity contribution in [1.82, 2.24) is 4.90 Å². The van der Waals surface area contributed by atoms with Gasteiger partial charge >= 0.3 is 0 Å². The van der Waals surface area contributed by atoms with E-state index in [1.807, 2.05) is 20.8 Å². The van der Waals surface area contributed by atoms with Gasteiger partial charge in [-0.15, -0.1) is 0 Å². The number of phenolic OH excluding ortho intramolecular Hbond substituents is 1. The molecule has 5 rings (SSSR count). The number of nitrogens with two attached hydrogens (primary N) is 1. The van der Waals surface area contributed by atoms with Crippen LogP contribution in [0.2, 0.25) is 0 Å². The standard InChI is InChI=1S/C31H33N3O9/c1-30(2,3)19-12-16(13-7-6-8-15(9-13)34(42)43)17-10-14-11-18-23(33(4)5)26(37)22(29(32)40)28(39)31(18,41)27(38)20(14)25(36)21(17)24(19)35/h6-9,12,14,18,20,22-23,35,41H,10-11H2,1-5H3,(H2,32,40). The summed E-state index contributed by atoms with van der Waals surface area (Å²) in [5.41, 5.74) is 3.16. The molecule has 0 saturated heterocycles. The van der Waals surface area contributed by atoms with Crippen LogP contribution in [-0.4, -0.2) is 74.8 Å². The monoisotopic (exact) mass is 591 g/mol. The number of amides is 1. The average molecular weight is 592 g/mol. The number of Topliss-reactive ketones (excluding diaryl/α,β-unsaturated/α-hetero) is 4. The minimum Gasteiger partial charge on any atom is -0.507 e. The SMILES string of the molecule is CN(C)C1C(=O)C(C(N)=O)C(=O)C2(O)C(=O)C3C(=O)c4c(O)c(C(C)(C)C)cc(-c5cccc([N+](=O)[O-])c5)c4CC3CC12. The number of non-ortho nitro benzene ring substituents is 1. The minimum absolute atomic E-state index is 0.0435. The first kappa shape index (κ1) is 30.2. The number of hydrogen-bond acceptors (Lipinski definition) is 10. The van der Waals surface area contributed by atoms with Crippen molar-refractivity contribution in [3.05, 3.63) is 57.1 Å². The van der Waals surface area contributed by atoms with Gasteiger partial charge in [-0.05, 0) is 61.0 Å². The summed E-state index contributed by atoms with van der Waals surface area (Å²) in [6.07, 6.45) is -0.0537. The van der Waals surface area contributed by atoms with Crippen molar-refractivity contribution in [3.63, 3.8) is 0 Å². The Balaban J connectivity index is 1.74. The highest BCUT2D eigenvalue weighted by Crippen LogP contribution is 2.53. The number of fused-ring (bicyclic) bond motifs is 3. The van der Waals surface area contributed by atoms with E-state index in [9.17, 15) is 44.3 Å². The second-order valence-electron chi connectivity index (χ2n) is 13.0. The lowest BCUT2D eigenvalue weighted by Gasteiger charge is -2.52. The zero-order chi connectivity index (χ0) is 31.9. The summed E-state index contributed by atoms with van der Waals surface area (Å²) < 4.78 is 0. The van der Waals surface area contributed by atoms with E-state index in [0.717, 1.165) is 0 Å². The molecule has 4 N–H and O–H groups in total. The first-order valence-electron chi connectivity index (χ1n) is 13.9. The fraction of sp³-hybridized carbons (Fsp3) is 0.452. The number of hydrogen-bond donors (Lipinski definition) is 3. The molecule has 12 nitrogen and oxygen atoms in total. The molecule has 0 aromatic heterocycles. The summed E-state index contributed by atoms with van der Waals surface area (Å²) in [5.74, 6) is -11.4. The number of rotatable bonds is 4. The third-order valence-corrected chi connectivity index (χ3v) is 9.24. The van der Waals surface area contributed by atoms with Crippen molar-refractivity contribution >= 4 is 34.7 Å². The number of phenols is 1. The number of nitro benzene ring substituents is 1. The lowest BCUT2D eigenvalue weighted by atomic mass is 9.52. The van der Waals surface area contributed by atoms with E-state index in [2.05, 4.69) is 0 Å².